The van der Waals surface area contributed by atoms with Gasteiger partial charge in [-0.15, -0.1) is 0 Å². The molecule has 0 N–H and O–H groups in total. The first-order valence-corrected chi connectivity index (χ1v) is 10.2. The number of fused-ring (bicyclic) bond motifs is 1. The maximum atomic E-state index is 14.3. The minimum atomic E-state index is -0.653. The molecule has 0 bridgehead atoms. The molecule has 7 nitrogen and oxygen atoms in total. The largest absolute Gasteiger partial charge is 0.444 e. The van der Waals surface area contributed by atoms with Crippen molar-refractivity contribution in [2.24, 2.45) is 0 Å². The summed E-state index contributed by atoms with van der Waals surface area (Å²) in [5.74, 6) is -0.453. The molecule has 1 fully saturated rings. The Bertz CT molecular complexity index is 1140. The number of aromatic nitrogens is 2. The molecule has 0 saturated carbocycles. The zero-order valence-electron chi connectivity index (χ0n) is 17.4. The first-order chi connectivity index (χ1) is 14.7. The quantitative estimate of drug-likeness (QED) is 0.551. The Morgan fingerprint density at radius 3 is 2.74 bits per heavy atom. The molecule has 0 spiro atoms. The average Bonchev–Trinajstić information content (AvgIpc) is 3.21. The van der Waals surface area contributed by atoms with Crippen molar-refractivity contribution in [1.29, 1.82) is 0 Å². The third kappa shape index (κ3) is 4.64. The molecular weight excluding hydrogens is 423 g/mol. The van der Waals surface area contributed by atoms with Gasteiger partial charge < -0.3 is 14.4 Å². The van der Waals surface area contributed by atoms with E-state index in [4.69, 9.17) is 21.1 Å². The zero-order chi connectivity index (χ0) is 22.2. The van der Waals surface area contributed by atoms with Crippen LogP contribution >= 0.6 is 11.6 Å². The van der Waals surface area contributed by atoms with Gasteiger partial charge in [0.05, 0.1) is 22.6 Å². The molecular formula is C22H22ClFN4O3. The van der Waals surface area contributed by atoms with Crippen molar-refractivity contribution in [3.8, 4) is 11.6 Å². The first-order valence-electron chi connectivity index (χ1n) is 9.81. The topological polar surface area (TPSA) is 67.8 Å². The normalized spacial score (nSPS) is 14.2. The van der Waals surface area contributed by atoms with Gasteiger partial charge in [-0.05, 0) is 51.1 Å². The number of anilines is 1. The molecule has 0 atom stereocenters. The molecule has 2 aromatic carbocycles. The van der Waals surface area contributed by atoms with Crippen LogP contribution in [0.25, 0.3) is 10.9 Å². The molecule has 2 heterocycles. The number of hydrogen-bond donors (Lipinski definition) is 0. The van der Waals surface area contributed by atoms with Crippen LogP contribution in [0.4, 0.5) is 14.9 Å². The van der Waals surface area contributed by atoms with E-state index in [0.717, 1.165) is 5.69 Å². The van der Waals surface area contributed by atoms with Crippen LogP contribution in [0, 0.1) is 5.82 Å². The maximum absolute atomic E-state index is 14.3. The SMILES string of the molecule is CC(C)(C)OC(=O)N1CCN(c2ccc3ncnc(Oc4cccc(Cl)c4F)c3c2)C1. The predicted octanol–water partition coefficient (Wildman–Crippen LogP) is 5.23. The fraction of sp³-hybridized carbons (Fsp3) is 0.318. The van der Waals surface area contributed by atoms with E-state index in [9.17, 15) is 9.18 Å². The van der Waals surface area contributed by atoms with Gasteiger partial charge in [0, 0.05) is 18.8 Å². The smallest absolute Gasteiger partial charge is 0.411 e. The maximum Gasteiger partial charge on any atom is 0.411 e. The van der Waals surface area contributed by atoms with Gasteiger partial charge >= 0.3 is 6.09 Å². The zero-order valence-corrected chi connectivity index (χ0v) is 18.2. The molecule has 0 aliphatic carbocycles. The van der Waals surface area contributed by atoms with E-state index < -0.39 is 11.4 Å². The summed E-state index contributed by atoms with van der Waals surface area (Å²) in [6.07, 6.45) is 1.01. The van der Waals surface area contributed by atoms with Crippen LogP contribution in [-0.4, -0.2) is 46.3 Å². The molecule has 0 unspecified atom stereocenters. The van der Waals surface area contributed by atoms with Crippen molar-refractivity contribution in [3.05, 3.63) is 53.6 Å². The molecule has 31 heavy (non-hydrogen) atoms. The lowest BCUT2D eigenvalue weighted by Gasteiger charge is -2.25. The van der Waals surface area contributed by atoms with Crippen molar-refractivity contribution in [3.63, 3.8) is 0 Å². The third-order valence-electron chi connectivity index (χ3n) is 4.70. The molecule has 1 amide bonds. The lowest BCUT2D eigenvalue weighted by atomic mass is 10.2. The molecule has 0 radical (unpaired) electrons. The molecule has 9 heteroatoms. The summed E-state index contributed by atoms with van der Waals surface area (Å²) >= 11 is 5.85. The molecule has 3 aromatic rings. The molecule has 1 aromatic heterocycles. The van der Waals surface area contributed by atoms with E-state index in [2.05, 4.69) is 9.97 Å². The van der Waals surface area contributed by atoms with Crippen LogP contribution in [0.5, 0.6) is 11.6 Å². The van der Waals surface area contributed by atoms with Crippen LogP contribution in [-0.2, 0) is 4.74 Å². The van der Waals surface area contributed by atoms with E-state index in [-0.39, 0.29) is 22.7 Å². The van der Waals surface area contributed by atoms with E-state index in [1.807, 2.05) is 43.9 Å². The van der Waals surface area contributed by atoms with Crippen molar-refractivity contribution in [1.82, 2.24) is 14.9 Å². The van der Waals surface area contributed by atoms with Gasteiger partial charge in [0.2, 0.25) is 5.88 Å². The summed E-state index contributed by atoms with van der Waals surface area (Å²) in [7, 11) is 0. The summed E-state index contributed by atoms with van der Waals surface area (Å²) in [5.41, 5.74) is 0.969. The monoisotopic (exact) mass is 444 g/mol. The van der Waals surface area contributed by atoms with E-state index in [1.165, 1.54) is 18.5 Å². The number of carbonyl (C=O) groups is 1. The van der Waals surface area contributed by atoms with Crippen LogP contribution in [0.2, 0.25) is 5.02 Å². The minimum absolute atomic E-state index is 0.0184. The Labute approximate surface area is 184 Å². The van der Waals surface area contributed by atoms with Crippen LogP contribution in [0.1, 0.15) is 20.8 Å². The molecule has 1 saturated heterocycles. The Kier molecular flexibility index (Phi) is 5.58. The number of amides is 1. The number of rotatable bonds is 3. The second kappa shape index (κ2) is 8.19. The Morgan fingerprint density at radius 2 is 1.97 bits per heavy atom. The van der Waals surface area contributed by atoms with Crippen molar-refractivity contribution in [2.45, 2.75) is 26.4 Å². The summed E-state index contributed by atoms with van der Waals surface area (Å²) in [6.45, 7) is 7.12. The minimum Gasteiger partial charge on any atom is -0.444 e. The van der Waals surface area contributed by atoms with Gasteiger partial charge in [-0.3, -0.25) is 4.90 Å². The Balaban J connectivity index is 1.59. The van der Waals surface area contributed by atoms with Crippen LogP contribution < -0.4 is 9.64 Å². The lowest BCUT2D eigenvalue weighted by Crippen LogP contribution is -2.36. The lowest BCUT2D eigenvalue weighted by molar-refractivity contribution is 0.0297. The van der Waals surface area contributed by atoms with Crippen molar-refractivity contribution in [2.75, 3.05) is 24.7 Å². The van der Waals surface area contributed by atoms with Gasteiger partial charge in [0.25, 0.3) is 0 Å². The number of carbonyl (C=O) groups excluding carboxylic acids is 1. The highest BCUT2D eigenvalue weighted by Crippen LogP contribution is 2.33. The standard InChI is InChI=1S/C22H22ClFN4O3/c1-22(2,3)31-21(29)28-10-9-27(13-28)14-7-8-17-15(11-14)20(26-12-25-17)30-18-6-4-5-16(23)19(18)24/h4-8,11-12H,9-10,13H2,1-3H3. The highest BCUT2D eigenvalue weighted by atomic mass is 35.5. The summed E-state index contributed by atoms with van der Waals surface area (Å²) < 4.78 is 25.5. The van der Waals surface area contributed by atoms with Gasteiger partial charge in [-0.25, -0.2) is 19.2 Å². The number of nitrogens with zero attached hydrogens (tertiary/aromatic N) is 4. The van der Waals surface area contributed by atoms with E-state index in [1.54, 1.807) is 11.0 Å². The highest BCUT2D eigenvalue weighted by Gasteiger charge is 2.28. The number of halogens is 2. The molecule has 4 rings (SSSR count). The fourth-order valence-electron chi connectivity index (χ4n) is 3.24. The second-order valence-electron chi connectivity index (χ2n) is 8.18. The second-order valence-corrected chi connectivity index (χ2v) is 8.59. The average molecular weight is 445 g/mol. The fourth-order valence-corrected chi connectivity index (χ4v) is 3.41. The first kappa shape index (κ1) is 21.1. The van der Waals surface area contributed by atoms with Crippen molar-refractivity contribution < 1.29 is 18.7 Å². The molecule has 1 aliphatic rings. The van der Waals surface area contributed by atoms with Gasteiger partial charge in [0.1, 0.15) is 11.9 Å². The molecule has 1 aliphatic heterocycles. The molecule has 162 valence electrons. The Hall–Kier alpha value is -3.13. The van der Waals surface area contributed by atoms with Crippen LogP contribution in [0.15, 0.2) is 42.7 Å². The predicted molar refractivity (Wildman–Crippen MR) is 116 cm³/mol. The van der Waals surface area contributed by atoms with Gasteiger partial charge in [-0.2, -0.15) is 0 Å². The number of benzene rings is 2. The van der Waals surface area contributed by atoms with E-state index >= 15 is 0 Å². The van der Waals surface area contributed by atoms with Gasteiger partial charge in [-0.1, -0.05) is 17.7 Å². The highest BCUT2D eigenvalue weighted by molar-refractivity contribution is 6.30. The van der Waals surface area contributed by atoms with Crippen molar-refractivity contribution >= 4 is 34.3 Å². The summed E-state index contributed by atoms with van der Waals surface area (Å²) in [4.78, 5) is 24.5. The Morgan fingerprint density at radius 1 is 1.16 bits per heavy atom. The summed E-state index contributed by atoms with van der Waals surface area (Å²) in [6, 6.07) is 10.2. The number of hydrogen-bond acceptors (Lipinski definition) is 6. The number of ether oxygens (including phenoxy) is 2. The van der Waals surface area contributed by atoms with Crippen LogP contribution in [0.3, 0.4) is 0 Å². The third-order valence-corrected chi connectivity index (χ3v) is 5.00. The van der Waals surface area contributed by atoms with E-state index in [0.29, 0.717) is 30.7 Å². The van der Waals surface area contributed by atoms with Gasteiger partial charge in [0.15, 0.2) is 11.6 Å². The summed E-state index contributed by atoms with van der Waals surface area (Å²) in [5, 5.41) is 0.589.